The number of aliphatic hydroxyl groups excluding tert-OH is 1. The first kappa shape index (κ1) is 11.3. The summed E-state index contributed by atoms with van der Waals surface area (Å²) in [5.74, 6) is 0. The zero-order valence-electron chi connectivity index (χ0n) is 8.99. The Bertz CT molecular complexity index is 195. The van der Waals surface area contributed by atoms with Gasteiger partial charge < -0.3 is 15.3 Å². The van der Waals surface area contributed by atoms with Crippen molar-refractivity contribution in [3.8, 4) is 0 Å². The van der Waals surface area contributed by atoms with E-state index in [9.17, 15) is 9.90 Å². The highest BCUT2D eigenvalue weighted by atomic mass is 16.3. The summed E-state index contributed by atoms with van der Waals surface area (Å²) >= 11 is 0. The van der Waals surface area contributed by atoms with E-state index in [1.54, 1.807) is 6.92 Å². The number of hydrogen-bond acceptors (Lipinski definition) is 2. The molecule has 1 aliphatic rings. The number of carbonyl (C=O) groups is 1. The van der Waals surface area contributed by atoms with Crippen molar-refractivity contribution in [3.63, 3.8) is 0 Å². The van der Waals surface area contributed by atoms with Crippen LogP contribution in [0, 0.1) is 0 Å². The van der Waals surface area contributed by atoms with E-state index in [1.165, 1.54) is 0 Å². The monoisotopic (exact) mass is 200 g/mol. The summed E-state index contributed by atoms with van der Waals surface area (Å²) in [6.45, 7) is 5.17. The molecule has 0 aromatic heterocycles. The molecule has 0 aromatic rings. The number of rotatable bonds is 3. The van der Waals surface area contributed by atoms with Gasteiger partial charge in [0.15, 0.2) is 0 Å². The summed E-state index contributed by atoms with van der Waals surface area (Å²) in [5.41, 5.74) is 0. The first-order valence-electron chi connectivity index (χ1n) is 5.37. The molecule has 0 bridgehead atoms. The third-order valence-corrected chi connectivity index (χ3v) is 2.58. The average molecular weight is 200 g/mol. The summed E-state index contributed by atoms with van der Waals surface area (Å²) in [5, 5.41) is 12.1. The molecule has 2 atom stereocenters. The highest BCUT2D eigenvalue weighted by molar-refractivity contribution is 5.74. The molecule has 0 spiro atoms. The topological polar surface area (TPSA) is 52.6 Å². The van der Waals surface area contributed by atoms with Crippen LogP contribution in [-0.4, -0.2) is 41.3 Å². The van der Waals surface area contributed by atoms with Gasteiger partial charge in [0.25, 0.3) is 0 Å². The van der Waals surface area contributed by atoms with Crippen LogP contribution in [0.25, 0.3) is 0 Å². The average Bonchev–Trinajstić information content (AvgIpc) is 2.51. The van der Waals surface area contributed by atoms with Crippen LogP contribution in [0.15, 0.2) is 0 Å². The van der Waals surface area contributed by atoms with Crippen LogP contribution in [0.2, 0.25) is 0 Å². The summed E-state index contributed by atoms with van der Waals surface area (Å²) in [4.78, 5) is 13.4. The maximum absolute atomic E-state index is 11.6. The Kier molecular flexibility index (Phi) is 4.20. The Morgan fingerprint density at radius 1 is 1.71 bits per heavy atom. The lowest BCUT2D eigenvalue weighted by molar-refractivity contribution is 0.138. The molecule has 14 heavy (non-hydrogen) atoms. The Morgan fingerprint density at radius 3 is 3.00 bits per heavy atom. The Morgan fingerprint density at radius 2 is 2.43 bits per heavy atom. The maximum atomic E-state index is 11.6. The van der Waals surface area contributed by atoms with Crippen LogP contribution in [0.3, 0.4) is 0 Å². The number of carbonyl (C=O) groups excluding carboxylic acids is 1. The van der Waals surface area contributed by atoms with Crippen LogP contribution < -0.4 is 5.32 Å². The smallest absolute Gasteiger partial charge is 0.317 e. The van der Waals surface area contributed by atoms with Gasteiger partial charge in [-0.25, -0.2) is 4.79 Å². The molecular weight excluding hydrogens is 180 g/mol. The first-order chi connectivity index (χ1) is 6.65. The number of hydrogen-bond donors (Lipinski definition) is 2. The van der Waals surface area contributed by atoms with Gasteiger partial charge in [-0.15, -0.1) is 0 Å². The second-order valence-corrected chi connectivity index (χ2v) is 3.91. The van der Waals surface area contributed by atoms with Gasteiger partial charge in [0.1, 0.15) is 0 Å². The highest BCUT2D eigenvalue weighted by Gasteiger charge is 2.28. The zero-order chi connectivity index (χ0) is 10.6. The molecule has 0 radical (unpaired) electrons. The Labute approximate surface area is 85.3 Å². The molecule has 4 nitrogen and oxygen atoms in total. The van der Waals surface area contributed by atoms with E-state index >= 15 is 0 Å². The highest BCUT2D eigenvalue weighted by Crippen LogP contribution is 2.21. The van der Waals surface area contributed by atoms with Gasteiger partial charge >= 0.3 is 6.03 Å². The summed E-state index contributed by atoms with van der Waals surface area (Å²) < 4.78 is 0. The third kappa shape index (κ3) is 2.87. The van der Waals surface area contributed by atoms with E-state index in [0.29, 0.717) is 13.0 Å². The molecule has 2 N–H and O–H groups in total. The molecule has 4 heteroatoms. The van der Waals surface area contributed by atoms with Gasteiger partial charge in [0.2, 0.25) is 0 Å². The van der Waals surface area contributed by atoms with Gasteiger partial charge in [0, 0.05) is 19.1 Å². The molecule has 1 fully saturated rings. The molecule has 1 saturated heterocycles. The van der Waals surface area contributed by atoms with Crippen molar-refractivity contribution in [3.05, 3.63) is 0 Å². The second-order valence-electron chi connectivity index (χ2n) is 3.91. The number of amides is 2. The number of likely N-dealkylation sites (tertiary alicyclic amines) is 1. The van der Waals surface area contributed by atoms with Gasteiger partial charge in [-0.05, 0) is 33.1 Å². The lowest BCUT2D eigenvalue weighted by Gasteiger charge is -2.25. The van der Waals surface area contributed by atoms with E-state index < -0.39 is 0 Å². The maximum Gasteiger partial charge on any atom is 0.317 e. The minimum atomic E-state index is -0.324. The predicted molar refractivity (Wildman–Crippen MR) is 55.1 cm³/mol. The fraction of sp³-hybridized carbons (Fsp3) is 0.900. The molecule has 2 amide bonds. The van der Waals surface area contributed by atoms with E-state index in [0.717, 1.165) is 19.4 Å². The SMILES string of the molecule is CCNC(=O)N1CCCC1CC(C)O. The molecule has 0 aliphatic carbocycles. The van der Waals surface area contributed by atoms with E-state index in [1.807, 2.05) is 11.8 Å². The second kappa shape index (κ2) is 5.20. The first-order valence-corrected chi connectivity index (χ1v) is 5.37. The van der Waals surface area contributed by atoms with Crippen LogP contribution >= 0.6 is 0 Å². The van der Waals surface area contributed by atoms with Crippen molar-refractivity contribution in [2.75, 3.05) is 13.1 Å². The van der Waals surface area contributed by atoms with Gasteiger partial charge in [0.05, 0.1) is 6.10 Å². The van der Waals surface area contributed by atoms with Gasteiger partial charge in [-0.1, -0.05) is 0 Å². The normalized spacial score (nSPS) is 23.6. The van der Waals surface area contributed by atoms with Crippen LogP contribution in [-0.2, 0) is 0 Å². The van der Waals surface area contributed by atoms with Crippen molar-refractivity contribution in [1.82, 2.24) is 10.2 Å². The molecule has 0 saturated carbocycles. The van der Waals surface area contributed by atoms with E-state index in [-0.39, 0.29) is 18.2 Å². The van der Waals surface area contributed by atoms with Crippen molar-refractivity contribution in [1.29, 1.82) is 0 Å². The van der Waals surface area contributed by atoms with Crippen LogP contribution in [0.5, 0.6) is 0 Å². The summed E-state index contributed by atoms with van der Waals surface area (Å²) in [7, 11) is 0. The third-order valence-electron chi connectivity index (χ3n) is 2.58. The number of nitrogens with zero attached hydrogens (tertiary/aromatic N) is 1. The van der Waals surface area contributed by atoms with Crippen molar-refractivity contribution in [2.45, 2.75) is 45.3 Å². The van der Waals surface area contributed by atoms with Crippen molar-refractivity contribution >= 4 is 6.03 Å². The minimum absolute atomic E-state index is 0.00986. The van der Waals surface area contributed by atoms with E-state index in [4.69, 9.17) is 0 Å². The summed E-state index contributed by atoms with van der Waals surface area (Å²) in [6.07, 6.45) is 2.43. The van der Waals surface area contributed by atoms with Crippen LogP contribution in [0.4, 0.5) is 4.79 Å². The number of nitrogens with one attached hydrogen (secondary N) is 1. The zero-order valence-corrected chi connectivity index (χ0v) is 8.99. The molecule has 1 heterocycles. The number of aliphatic hydroxyl groups is 1. The molecule has 0 aromatic carbocycles. The fourth-order valence-electron chi connectivity index (χ4n) is 1.99. The van der Waals surface area contributed by atoms with Crippen molar-refractivity contribution in [2.24, 2.45) is 0 Å². The minimum Gasteiger partial charge on any atom is -0.393 e. The molecule has 2 unspecified atom stereocenters. The lowest BCUT2D eigenvalue weighted by atomic mass is 10.1. The molecule has 1 rings (SSSR count). The molecular formula is C10H20N2O2. The standard InChI is InChI=1S/C10H20N2O2/c1-3-11-10(14)12-6-4-5-9(12)7-8(2)13/h8-9,13H,3-7H2,1-2H3,(H,11,14). The van der Waals surface area contributed by atoms with Crippen LogP contribution in [0.1, 0.15) is 33.1 Å². The summed E-state index contributed by atoms with van der Waals surface area (Å²) in [6, 6.07) is 0.234. The molecule has 1 aliphatic heterocycles. The number of urea groups is 1. The lowest BCUT2D eigenvalue weighted by Crippen LogP contribution is -2.43. The van der Waals surface area contributed by atoms with E-state index in [2.05, 4.69) is 5.32 Å². The Balaban J connectivity index is 2.46. The largest absolute Gasteiger partial charge is 0.393 e. The molecule has 82 valence electrons. The fourth-order valence-corrected chi connectivity index (χ4v) is 1.99. The quantitative estimate of drug-likeness (QED) is 0.712. The Hall–Kier alpha value is -0.770. The van der Waals surface area contributed by atoms with Crippen molar-refractivity contribution < 1.29 is 9.90 Å². The van der Waals surface area contributed by atoms with Gasteiger partial charge in [-0.2, -0.15) is 0 Å². The van der Waals surface area contributed by atoms with Gasteiger partial charge in [-0.3, -0.25) is 0 Å². The predicted octanol–water partition coefficient (Wildman–Crippen LogP) is 0.951.